The molecule has 2 atom stereocenters. The molecule has 1 aromatic rings. The van der Waals surface area contributed by atoms with E-state index in [1.165, 1.54) is 0 Å². The Kier molecular flexibility index (Phi) is 4.93. The molecule has 4 heteroatoms. The van der Waals surface area contributed by atoms with Gasteiger partial charge in [0, 0.05) is 19.8 Å². The molecular weight excluding hydrogens is 240 g/mol. The fraction of sp³-hybridized carbons (Fsp3) is 0.533. The lowest BCUT2D eigenvalue weighted by Gasteiger charge is -2.14. The van der Waals surface area contributed by atoms with Crippen LogP contribution < -0.4 is 11.1 Å². The third-order valence-electron chi connectivity index (χ3n) is 3.59. The number of hydrogen-bond donors (Lipinski definition) is 2. The van der Waals surface area contributed by atoms with Crippen molar-refractivity contribution in [1.29, 1.82) is 0 Å². The van der Waals surface area contributed by atoms with Gasteiger partial charge in [0.25, 0.3) is 0 Å². The van der Waals surface area contributed by atoms with E-state index in [0.29, 0.717) is 12.5 Å². The first kappa shape index (κ1) is 14.0. The number of aryl methyl sites for hydroxylation is 1. The number of nitrogens with one attached hydrogen (secondary N) is 1. The summed E-state index contributed by atoms with van der Waals surface area (Å²) in [7, 11) is 0. The van der Waals surface area contributed by atoms with Crippen LogP contribution in [0.25, 0.3) is 0 Å². The first-order valence-electron chi connectivity index (χ1n) is 6.84. The molecule has 19 heavy (non-hydrogen) atoms. The van der Waals surface area contributed by atoms with E-state index in [4.69, 9.17) is 10.5 Å². The predicted octanol–water partition coefficient (Wildman–Crippen LogP) is 1.54. The summed E-state index contributed by atoms with van der Waals surface area (Å²) >= 11 is 0. The van der Waals surface area contributed by atoms with E-state index >= 15 is 0 Å². The van der Waals surface area contributed by atoms with Crippen LogP contribution in [-0.4, -0.2) is 25.7 Å². The van der Waals surface area contributed by atoms with Crippen molar-refractivity contribution in [3.63, 3.8) is 0 Å². The van der Waals surface area contributed by atoms with Gasteiger partial charge >= 0.3 is 0 Å². The number of amides is 1. The van der Waals surface area contributed by atoms with Gasteiger partial charge in [0.15, 0.2) is 0 Å². The lowest BCUT2D eigenvalue weighted by atomic mass is 10.0. The molecule has 0 aromatic heterocycles. The highest BCUT2D eigenvalue weighted by molar-refractivity contribution is 5.82. The Morgan fingerprint density at radius 1 is 1.47 bits per heavy atom. The zero-order valence-corrected chi connectivity index (χ0v) is 11.4. The van der Waals surface area contributed by atoms with Crippen molar-refractivity contribution in [2.24, 2.45) is 11.7 Å². The molecule has 0 radical (unpaired) electrons. The lowest BCUT2D eigenvalue weighted by Crippen LogP contribution is -2.35. The van der Waals surface area contributed by atoms with E-state index in [2.05, 4.69) is 5.32 Å². The third-order valence-corrected chi connectivity index (χ3v) is 3.59. The summed E-state index contributed by atoms with van der Waals surface area (Å²) < 4.78 is 5.31. The molecule has 1 fully saturated rings. The van der Waals surface area contributed by atoms with Gasteiger partial charge in [-0.15, -0.1) is 0 Å². The number of nitrogens with two attached hydrogens (primary N) is 1. The molecule has 2 rings (SSSR count). The summed E-state index contributed by atoms with van der Waals surface area (Å²) in [5, 5.41) is 2.90. The second-order valence-corrected chi connectivity index (χ2v) is 5.20. The molecule has 1 aliphatic heterocycles. The van der Waals surface area contributed by atoms with Crippen molar-refractivity contribution in [2.45, 2.75) is 25.8 Å². The number of rotatable bonds is 5. The molecule has 2 unspecified atom stereocenters. The van der Waals surface area contributed by atoms with Crippen molar-refractivity contribution in [3.8, 4) is 0 Å². The highest BCUT2D eigenvalue weighted by Crippen LogP contribution is 2.16. The summed E-state index contributed by atoms with van der Waals surface area (Å²) in [6, 6.07) is 7.17. The van der Waals surface area contributed by atoms with Gasteiger partial charge in [0.05, 0.1) is 0 Å². The van der Waals surface area contributed by atoms with Crippen LogP contribution in [0.15, 0.2) is 24.3 Å². The third kappa shape index (κ3) is 4.04. The van der Waals surface area contributed by atoms with Gasteiger partial charge in [-0.05, 0) is 31.2 Å². The molecule has 1 aliphatic rings. The maximum Gasteiger partial charge on any atom is 0.241 e. The summed E-state index contributed by atoms with van der Waals surface area (Å²) in [5.41, 5.74) is 7.96. The quantitative estimate of drug-likeness (QED) is 0.846. The van der Waals surface area contributed by atoms with E-state index in [0.717, 1.165) is 37.2 Å². The SMILES string of the molecule is Cc1ccc(C(N)C(=O)NCCC2CCOC2)cc1. The Labute approximate surface area is 114 Å². The maximum absolute atomic E-state index is 11.9. The Morgan fingerprint density at radius 3 is 2.84 bits per heavy atom. The second kappa shape index (κ2) is 6.68. The largest absolute Gasteiger partial charge is 0.381 e. The van der Waals surface area contributed by atoms with Crippen LogP contribution in [0.5, 0.6) is 0 Å². The summed E-state index contributed by atoms with van der Waals surface area (Å²) in [5.74, 6) is 0.471. The minimum absolute atomic E-state index is 0.109. The predicted molar refractivity (Wildman–Crippen MR) is 74.7 cm³/mol. The standard InChI is InChI=1S/C15H22N2O2/c1-11-2-4-13(5-3-11)14(16)15(18)17-8-6-12-7-9-19-10-12/h2-5,12,14H,6-10,16H2,1H3,(H,17,18). The Morgan fingerprint density at radius 2 is 2.21 bits per heavy atom. The maximum atomic E-state index is 11.9. The molecule has 3 N–H and O–H groups in total. The molecule has 104 valence electrons. The molecule has 1 amide bonds. The topological polar surface area (TPSA) is 64.4 Å². The van der Waals surface area contributed by atoms with Crippen LogP contribution >= 0.6 is 0 Å². The van der Waals surface area contributed by atoms with Crippen molar-refractivity contribution in [2.75, 3.05) is 19.8 Å². The fourth-order valence-corrected chi connectivity index (χ4v) is 2.25. The van der Waals surface area contributed by atoms with E-state index in [-0.39, 0.29) is 5.91 Å². The van der Waals surface area contributed by atoms with Crippen LogP contribution in [0.3, 0.4) is 0 Å². The number of hydrogen-bond acceptors (Lipinski definition) is 3. The Hall–Kier alpha value is -1.39. The van der Waals surface area contributed by atoms with Crippen molar-refractivity contribution in [3.05, 3.63) is 35.4 Å². The first-order valence-corrected chi connectivity index (χ1v) is 6.84. The van der Waals surface area contributed by atoms with Gasteiger partial charge in [-0.25, -0.2) is 0 Å². The van der Waals surface area contributed by atoms with Crippen molar-refractivity contribution < 1.29 is 9.53 Å². The van der Waals surface area contributed by atoms with E-state index in [1.807, 2.05) is 31.2 Å². The molecule has 4 nitrogen and oxygen atoms in total. The zero-order chi connectivity index (χ0) is 13.7. The fourth-order valence-electron chi connectivity index (χ4n) is 2.25. The van der Waals surface area contributed by atoms with Gasteiger partial charge in [-0.1, -0.05) is 29.8 Å². The average Bonchev–Trinajstić information content (AvgIpc) is 2.92. The monoisotopic (exact) mass is 262 g/mol. The molecule has 1 aromatic carbocycles. The van der Waals surface area contributed by atoms with E-state index < -0.39 is 6.04 Å². The zero-order valence-electron chi connectivity index (χ0n) is 11.4. The second-order valence-electron chi connectivity index (χ2n) is 5.20. The van der Waals surface area contributed by atoms with Crippen LogP contribution in [0.1, 0.15) is 30.0 Å². The summed E-state index contributed by atoms with van der Waals surface area (Å²) in [6.45, 7) is 4.35. The number of benzene rings is 1. The number of carbonyl (C=O) groups is 1. The van der Waals surface area contributed by atoms with Gasteiger partial charge in [0.1, 0.15) is 6.04 Å². The normalized spacial score (nSPS) is 20.2. The summed E-state index contributed by atoms with van der Waals surface area (Å²) in [6.07, 6.45) is 2.06. The van der Waals surface area contributed by atoms with Gasteiger partial charge < -0.3 is 15.8 Å². The minimum Gasteiger partial charge on any atom is -0.381 e. The molecule has 0 saturated carbocycles. The highest BCUT2D eigenvalue weighted by Gasteiger charge is 2.18. The molecule has 0 spiro atoms. The molecular formula is C15H22N2O2. The Bertz CT molecular complexity index is 411. The smallest absolute Gasteiger partial charge is 0.241 e. The number of ether oxygens (including phenoxy) is 1. The van der Waals surface area contributed by atoms with Crippen LogP contribution in [0.2, 0.25) is 0 Å². The minimum atomic E-state index is -0.583. The Balaban J connectivity index is 1.77. The first-order chi connectivity index (χ1) is 9.16. The van der Waals surface area contributed by atoms with Crippen molar-refractivity contribution in [1.82, 2.24) is 5.32 Å². The van der Waals surface area contributed by atoms with E-state index in [1.54, 1.807) is 0 Å². The van der Waals surface area contributed by atoms with Crippen LogP contribution in [0, 0.1) is 12.8 Å². The van der Waals surface area contributed by atoms with Crippen LogP contribution in [0.4, 0.5) is 0 Å². The van der Waals surface area contributed by atoms with Gasteiger partial charge in [-0.3, -0.25) is 4.79 Å². The lowest BCUT2D eigenvalue weighted by molar-refractivity contribution is -0.122. The number of carbonyl (C=O) groups excluding carboxylic acids is 1. The molecule has 1 saturated heterocycles. The van der Waals surface area contributed by atoms with Gasteiger partial charge in [-0.2, -0.15) is 0 Å². The average molecular weight is 262 g/mol. The molecule has 0 bridgehead atoms. The molecule has 1 heterocycles. The van der Waals surface area contributed by atoms with Gasteiger partial charge in [0.2, 0.25) is 5.91 Å². The van der Waals surface area contributed by atoms with E-state index in [9.17, 15) is 4.79 Å². The molecule has 0 aliphatic carbocycles. The summed E-state index contributed by atoms with van der Waals surface area (Å²) in [4.78, 5) is 11.9. The van der Waals surface area contributed by atoms with Crippen molar-refractivity contribution >= 4 is 5.91 Å². The highest BCUT2D eigenvalue weighted by atomic mass is 16.5. The van der Waals surface area contributed by atoms with Crippen LogP contribution in [-0.2, 0) is 9.53 Å².